The van der Waals surface area contributed by atoms with E-state index in [1.54, 1.807) is 0 Å². The van der Waals surface area contributed by atoms with Gasteiger partial charge in [-0.15, -0.1) is 0 Å². The summed E-state index contributed by atoms with van der Waals surface area (Å²) in [4.78, 5) is 5.44. The zero-order valence-corrected chi connectivity index (χ0v) is 11.4. The number of likely N-dealkylation sites (N-methyl/N-ethyl adjacent to an activating group) is 1. The summed E-state index contributed by atoms with van der Waals surface area (Å²) in [5, 5.41) is 9.46. The molecule has 0 saturated heterocycles. The molecule has 3 nitrogen and oxygen atoms in total. The largest absolute Gasteiger partial charge is 0.392 e. The number of H-pyrrole nitrogens is 1. The fourth-order valence-corrected chi connectivity index (χ4v) is 2.06. The Bertz CT molecular complexity index is 378. The molecule has 0 aliphatic heterocycles. The third-order valence-electron chi connectivity index (χ3n) is 2.93. The zero-order valence-electron chi connectivity index (χ0n) is 11.4. The molecule has 1 rings (SSSR count). The predicted octanol–water partition coefficient (Wildman–Crippen LogP) is 2.21. The van der Waals surface area contributed by atoms with Crippen LogP contribution in [0, 0.1) is 6.92 Å². The molecule has 3 heteroatoms. The number of rotatable bonds is 6. The van der Waals surface area contributed by atoms with Gasteiger partial charge >= 0.3 is 0 Å². The molecule has 0 saturated carbocycles. The summed E-state index contributed by atoms with van der Waals surface area (Å²) in [6, 6.07) is 0. The van der Waals surface area contributed by atoms with Gasteiger partial charge in [-0.25, -0.2) is 0 Å². The first-order valence-corrected chi connectivity index (χ1v) is 6.22. The van der Waals surface area contributed by atoms with E-state index in [2.05, 4.69) is 50.1 Å². The highest BCUT2D eigenvalue weighted by molar-refractivity contribution is 5.70. The van der Waals surface area contributed by atoms with Crippen LogP contribution in [-0.2, 0) is 6.42 Å². The first kappa shape index (κ1) is 14.0. The normalized spacial score (nSPS) is 12.5. The highest BCUT2D eigenvalue weighted by atomic mass is 16.3. The number of aromatic amines is 1. The second kappa shape index (κ2) is 6.62. The lowest BCUT2D eigenvalue weighted by Gasteiger charge is -2.11. The van der Waals surface area contributed by atoms with Crippen molar-refractivity contribution in [3.63, 3.8) is 0 Å². The maximum absolute atomic E-state index is 9.46. The topological polar surface area (TPSA) is 39.3 Å². The van der Waals surface area contributed by atoms with E-state index >= 15 is 0 Å². The summed E-state index contributed by atoms with van der Waals surface area (Å²) in [6.45, 7) is 5.29. The van der Waals surface area contributed by atoms with E-state index in [4.69, 9.17) is 0 Å². The van der Waals surface area contributed by atoms with Crippen molar-refractivity contribution >= 4 is 5.57 Å². The lowest BCUT2D eigenvalue weighted by molar-refractivity contribution is 0.349. The van der Waals surface area contributed by atoms with Crippen molar-refractivity contribution in [1.82, 2.24) is 9.88 Å². The van der Waals surface area contributed by atoms with Gasteiger partial charge in [-0.1, -0.05) is 13.0 Å². The number of aliphatic hydroxyl groups excluding tert-OH is 1. The Morgan fingerprint density at radius 1 is 1.47 bits per heavy atom. The number of allylic oxidation sites excluding steroid dienone is 1. The van der Waals surface area contributed by atoms with E-state index in [0.29, 0.717) is 0 Å². The summed E-state index contributed by atoms with van der Waals surface area (Å²) in [5.74, 6) is 0. The number of aliphatic hydroxyl groups is 1. The highest BCUT2D eigenvalue weighted by Gasteiger charge is 2.12. The molecule has 0 amide bonds. The minimum absolute atomic E-state index is 0.113. The van der Waals surface area contributed by atoms with Crippen LogP contribution in [0.3, 0.4) is 0 Å². The quantitative estimate of drug-likeness (QED) is 0.795. The molecule has 17 heavy (non-hydrogen) atoms. The summed E-state index contributed by atoms with van der Waals surface area (Å²) >= 11 is 0. The number of nitrogens with one attached hydrogen (secondary N) is 1. The van der Waals surface area contributed by atoms with Gasteiger partial charge in [-0.3, -0.25) is 0 Å². The Labute approximate surface area is 104 Å². The van der Waals surface area contributed by atoms with Gasteiger partial charge in [0.15, 0.2) is 0 Å². The molecule has 0 spiro atoms. The molecule has 0 aromatic carbocycles. The van der Waals surface area contributed by atoms with E-state index in [1.165, 1.54) is 11.1 Å². The van der Waals surface area contributed by atoms with Gasteiger partial charge in [0.2, 0.25) is 0 Å². The van der Waals surface area contributed by atoms with Gasteiger partial charge in [0.25, 0.3) is 0 Å². The van der Waals surface area contributed by atoms with Crippen molar-refractivity contribution in [3.05, 3.63) is 29.1 Å². The van der Waals surface area contributed by atoms with Crippen LogP contribution in [0.4, 0.5) is 0 Å². The number of hydrogen-bond acceptors (Lipinski definition) is 2. The molecule has 1 aromatic rings. The Morgan fingerprint density at radius 2 is 2.18 bits per heavy atom. The van der Waals surface area contributed by atoms with Gasteiger partial charge in [0, 0.05) is 24.0 Å². The van der Waals surface area contributed by atoms with Crippen LogP contribution in [0.2, 0.25) is 0 Å². The molecule has 96 valence electrons. The molecule has 0 aliphatic rings. The molecule has 2 N–H and O–H groups in total. The SMILES string of the molecule is CC/C=C(/CO)c1c(CCN(C)C)c[nH]c1C. The summed E-state index contributed by atoms with van der Waals surface area (Å²) in [6.07, 6.45) is 6.13. The zero-order chi connectivity index (χ0) is 12.8. The molecule has 0 atom stereocenters. The summed E-state index contributed by atoms with van der Waals surface area (Å²) in [7, 11) is 4.15. The third-order valence-corrected chi connectivity index (χ3v) is 2.93. The van der Waals surface area contributed by atoms with Crippen LogP contribution in [0.25, 0.3) is 5.57 Å². The molecule has 0 bridgehead atoms. The van der Waals surface area contributed by atoms with Gasteiger partial charge in [0.1, 0.15) is 0 Å². The van der Waals surface area contributed by atoms with Crippen molar-refractivity contribution in [1.29, 1.82) is 0 Å². The van der Waals surface area contributed by atoms with E-state index in [0.717, 1.165) is 30.7 Å². The lowest BCUT2D eigenvalue weighted by atomic mass is 9.99. The fraction of sp³-hybridized carbons (Fsp3) is 0.571. The monoisotopic (exact) mass is 236 g/mol. The van der Waals surface area contributed by atoms with Crippen LogP contribution >= 0.6 is 0 Å². The Hall–Kier alpha value is -1.06. The first-order chi connectivity index (χ1) is 8.10. The van der Waals surface area contributed by atoms with Crippen LogP contribution < -0.4 is 0 Å². The number of hydrogen-bond donors (Lipinski definition) is 2. The van der Waals surface area contributed by atoms with E-state index < -0.39 is 0 Å². The van der Waals surface area contributed by atoms with Crippen LogP contribution in [0.15, 0.2) is 12.3 Å². The minimum atomic E-state index is 0.113. The second-order valence-electron chi connectivity index (χ2n) is 4.66. The molecule has 0 aliphatic carbocycles. The molecular weight excluding hydrogens is 212 g/mol. The number of nitrogens with zero attached hydrogens (tertiary/aromatic N) is 1. The maximum atomic E-state index is 9.46. The Kier molecular flexibility index (Phi) is 5.45. The Morgan fingerprint density at radius 3 is 2.71 bits per heavy atom. The predicted molar refractivity (Wildman–Crippen MR) is 73.1 cm³/mol. The number of aryl methyl sites for hydroxylation is 1. The highest BCUT2D eigenvalue weighted by Crippen LogP contribution is 2.23. The van der Waals surface area contributed by atoms with E-state index in [1.807, 2.05) is 0 Å². The van der Waals surface area contributed by atoms with Crippen molar-refractivity contribution in [2.45, 2.75) is 26.7 Å². The van der Waals surface area contributed by atoms with Crippen molar-refractivity contribution in [2.24, 2.45) is 0 Å². The van der Waals surface area contributed by atoms with Crippen LogP contribution in [-0.4, -0.2) is 42.2 Å². The summed E-state index contributed by atoms with van der Waals surface area (Å²) in [5.41, 5.74) is 4.69. The third kappa shape index (κ3) is 3.72. The van der Waals surface area contributed by atoms with Crippen LogP contribution in [0.1, 0.15) is 30.2 Å². The molecular formula is C14H24N2O. The van der Waals surface area contributed by atoms with Crippen molar-refractivity contribution in [2.75, 3.05) is 27.2 Å². The Balaban J connectivity index is 2.96. The maximum Gasteiger partial charge on any atom is 0.0685 e. The van der Waals surface area contributed by atoms with E-state index in [9.17, 15) is 5.11 Å². The fourth-order valence-electron chi connectivity index (χ4n) is 2.06. The average Bonchev–Trinajstić information content (AvgIpc) is 2.65. The van der Waals surface area contributed by atoms with E-state index in [-0.39, 0.29) is 6.61 Å². The molecule has 0 unspecified atom stereocenters. The molecule has 1 aromatic heterocycles. The van der Waals surface area contributed by atoms with Crippen molar-refractivity contribution < 1.29 is 5.11 Å². The molecule has 1 heterocycles. The smallest absolute Gasteiger partial charge is 0.0685 e. The molecule has 0 radical (unpaired) electrons. The van der Waals surface area contributed by atoms with Gasteiger partial charge in [-0.05, 0) is 45.0 Å². The first-order valence-electron chi connectivity index (χ1n) is 6.22. The number of aromatic nitrogens is 1. The van der Waals surface area contributed by atoms with Gasteiger partial charge in [-0.2, -0.15) is 0 Å². The summed E-state index contributed by atoms with van der Waals surface area (Å²) < 4.78 is 0. The van der Waals surface area contributed by atoms with Gasteiger partial charge < -0.3 is 15.0 Å². The second-order valence-corrected chi connectivity index (χ2v) is 4.66. The average molecular weight is 236 g/mol. The van der Waals surface area contributed by atoms with Crippen molar-refractivity contribution in [3.8, 4) is 0 Å². The van der Waals surface area contributed by atoms with Crippen LogP contribution in [0.5, 0.6) is 0 Å². The lowest BCUT2D eigenvalue weighted by Crippen LogP contribution is -2.15. The molecule has 0 fully saturated rings. The minimum Gasteiger partial charge on any atom is -0.392 e. The standard InChI is InChI=1S/C14H24N2O/c1-5-6-13(10-17)14-11(2)15-9-12(14)7-8-16(3)4/h6,9,15,17H,5,7-8,10H2,1-4H3/b13-6-. The van der Waals surface area contributed by atoms with Gasteiger partial charge in [0.05, 0.1) is 6.61 Å².